The van der Waals surface area contributed by atoms with Crippen LogP contribution in [0.25, 0.3) is 0 Å². The number of halogens is 2. The second kappa shape index (κ2) is 5.10. The molecular weight excluding hydrogens is 222 g/mol. The molecule has 1 fully saturated rings. The minimum atomic E-state index is -0.782. The number of benzene rings is 1. The van der Waals surface area contributed by atoms with Crippen LogP contribution in [0.15, 0.2) is 18.2 Å². The maximum absolute atomic E-state index is 13.7. The van der Waals surface area contributed by atoms with Crippen molar-refractivity contribution in [3.8, 4) is 0 Å². The van der Waals surface area contributed by atoms with Gasteiger partial charge in [-0.2, -0.15) is 0 Å². The summed E-state index contributed by atoms with van der Waals surface area (Å²) in [7, 11) is 0. The van der Waals surface area contributed by atoms with Gasteiger partial charge in [-0.1, -0.05) is 12.1 Å². The van der Waals surface area contributed by atoms with Gasteiger partial charge in [0, 0.05) is 24.2 Å². The van der Waals surface area contributed by atoms with Crippen molar-refractivity contribution in [3.63, 3.8) is 0 Å². The Morgan fingerprint density at radius 1 is 1.41 bits per heavy atom. The van der Waals surface area contributed by atoms with Crippen LogP contribution in [-0.2, 0) is 0 Å². The quantitative estimate of drug-likeness (QED) is 0.860. The molecular formula is C13H18F2N2. The zero-order valence-corrected chi connectivity index (χ0v) is 10.00. The first-order valence-electron chi connectivity index (χ1n) is 6.03. The molecule has 1 aliphatic heterocycles. The number of nitrogens with zero attached hydrogens (tertiary/aromatic N) is 1. The Bertz CT molecular complexity index is 395. The summed E-state index contributed by atoms with van der Waals surface area (Å²) in [4.78, 5) is 2.12. The highest BCUT2D eigenvalue weighted by molar-refractivity contribution is 5.22. The maximum Gasteiger partial charge on any atom is 0.163 e. The summed E-state index contributed by atoms with van der Waals surface area (Å²) < 4.78 is 26.8. The van der Waals surface area contributed by atoms with Gasteiger partial charge in [0.05, 0.1) is 0 Å². The molecule has 1 heterocycles. The Hall–Kier alpha value is -1.00. The van der Waals surface area contributed by atoms with Crippen LogP contribution in [0.1, 0.15) is 31.4 Å². The van der Waals surface area contributed by atoms with Crippen LogP contribution in [-0.4, -0.2) is 24.0 Å². The van der Waals surface area contributed by atoms with E-state index >= 15 is 0 Å². The Labute approximate surface area is 100 Å². The predicted octanol–water partition coefficient (Wildman–Crippen LogP) is 2.45. The van der Waals surface area contributed by atoms with Gasteiger partial charge in [0.2, 0.25) is 0 Å². The van der Waals surface area contributed by atoms with E-state index in [1.54, 1.807) is 12.1 Å². The summed E-state index contributed by atoms with van der Waals surface area (Å²) >= 11 is 0. The van der Waals surface area contributed by atoms with Crippen molar-refractivity contribution >= 4 is 0 Å². The second-order valence-electron chi connectivity index (χ2n) is 4.72. The fraction of sp³-hybridized carbons (Fsp3) is 0.538. The molecule has 1 aliphatic rings. The van der Waals surface area contributed by atoms with Gasteiger partial charge in [0.15, 0.2) is 11.6 Å². The summed E-state index contributed by atoms with van der Waals surface area (Å²) in [5.74, 6) is -1.52. The van der Waals surface area contributed by atoms with Crippen molar-refractivity contribution in [1.82, 2.24) is 4.90 Å². The van der Waals surface area contributed by atoms with Gasteiger partial charge >= 0.3 is 0 Å². The summed E-state index contributed by atoms with van der Waals surface area (Å²) in [5.41, 5.74) is 6.32. The first-order valence-corrected chi connectivity index (χ1v) is 6.03. The fourth-order valence-corrected chi connectivity index (χ4v) is 2.43. The molecule has 0 spiro atoms. The SMILES string of the molecule is CC(c1cccc(F)c1F)N1CCCC(N)C1. The van der Waals surface area contributed by atoms with E-state index < -0.39 is 11.6 Å². The summed E-state index contributed by atoms with van der Waals surface area (Å²) in [6, 6.07) is 4.35. The van der Waals surface area contributed by atoms with E-state index in [1.165, 1.54) is 0 Å². The molecule has 2 rings (SSSR count). The van der Waals surface area contributed by atoms with Gasteiger partial charge in [0.1, 0.15) is 0 Å². The molecule has 0 saturated carbocycles. The number of likely N-dealkylation sites (tertiary alicyclic amines) is 1. The van der Waals surface area contributed by atoms with Crippen molar-refractivity contribution in [3.05, 3.63) is 35.4 Å². The van der Waals surface area contributed by atoms with Gasteiger partial charge in [-0.05, 0) is 32.4 Å². The molecule has 4 heteroatoms. The van der Waals surface area contributed by atoms with E-state index in [-0.39, 0.29) is 12.1 Å². The lowest BCUT2D eigenvalue weighted by Gasteiger charge is -2.35. The molecule has 1 saturated heterocycles. The first-order chi connectivity index (χ1) is 8.09. The van der Waals surface area contributed by atoms with Crippen LogP contribution in [0.2, 0.25) is 0 Å². The van der Waals surface area contributed by atoms with Crippen molar-refractivity contribution in [2.24, 2.45) is 5.73 Å². The molecule has 0 radical (unpaired) electrons. The first kappa shape index (κ1) is 12.5. The highest BCUT2D eigenvalue weighted by atomic mass is 19.2. The molecule has 2 atom stereocenters. The molecule has 17 heavy (non-hydrogen) atoms. The van der Waals surface area contributed by atoms with Crippen molar-refractivity contribution in [1.29, 1.82) is 0 Å². The van der Waals surface area contributed by atoms with E-state index in [1.807, 2.05) is 6.92 Å². The normalized spacial score (nSPS) is 23.6. The van der Waals surface area contributed by atoms with Crippen LogP contribution in [0.4, 0.5) is 8.78 Å². The van der Waals surface area contributed by atoms with Gasteiger partial charge in [-0.25, -0.2) is 8.78 Å². The maximum atomic E-state index is 13.7. The Balaban J connectivity index is 2.18. The van der Waals surface area contributed by atoms with Crippen molar-refractivity contribution < 1.29 is 8.78 Å². The zero-order valence-electron chi connectivity index (χ0n) is 10.00. The van der Waals surface area contributed by atoms with Gasteiger partial charge in [-0.3, -0.25) is 4.90 Å². The number of piperidine rings is 1. The average molecular weight is 240 g/mol. The third-order valence-electron chi connectivity index (χ3n) is 3.47. The van der Waals surface area contributed by atoms with Crippen LogP contribution in [0.5, 0.6) is 0 Å². The standard InChI is InChI=1S/C13H18F2N2/c1-9(17-7-3-4-10(16)8-17)11-5-2-6-12(14)13(11)15/h2,5-6,9-10H,3-4,7-8,16H2,1H3. The highest BCUT2D eigenvalue weighted by Crippen LogP contribution is 2.26. The molecule has 0 aliphatic carbocycles. The van der Waals surface area contributed by atoms with Gasteiger partial charge in [-0.15, -0.1) is 0 Å². The summed E-state index contributed by atoms with van der Waals surface area (Å²) in [6.45, 7) is 3.54. The van der Waals surface area contributed by atoms with Crippen LogP contribution < -0.4 is 5.73 Å². The molecule has 2 nitrogen and oxygen atoms in total. The van der Waals surface area contributed by atoms with Crippen LogP contribution in [0, 0.1) is 11.6 Å². The van der Waals surface area contributed by atoms with Crippen LogP contribution >= 0.6 is 0 Å². The van der Waals surface area contributed by atoms with Crippen molar-refractivity contribution in [2.75, 3.05) is 13.1 Å². The minimum Gasteiger partial charge on any atom is -0.327 e. The number of rotatable bonds is 2. The van der Waals surface area contributed by atoms with E-state index in [0.717, 1.165) is 32.0 Å². The van der Waals surface area contributed by atoms with Gasteiger partial charge in [0.25, 0.3) is 0 Å². The predicted molar refractivity (Wildman–Crippen MR) is 63.6 cm³/mol. The van der Waals surface area contributed by atoms with E-state index in [9.17, 15) is 8.78 Å². The van der Waals surface area contributed by atoms with Gasteiger partial charge < -0.3 is 5.73 Å². The number of hydrogen-bond donors (Lipinski definition) is 1. The van der Waals surface area contributed by atoms with E-state index in [2.05, 4.69) is 4.90 Å². The molecule has 0 amide bonds. The molecule has 1 aromatic carbocycles. The van der Waals surface area contributed by atoms with E-state index in [4.69, 9.17) is 5.73 Å². The lowest BCUT2D eigenvalue weighted by atomic mass is 10.0. The fourth-order valence-electron chi connectivity index (χ4n) is 2.43. The molecule has 0 bridgehead atoms. The number of hydrogen-bond acceptors (Lipinski definition) is 2. The average Bonchev–Trinajstić information content (AvgIpc) is 2.32. The molecule has 1 aromatic rings. The molecule has 0 aromatic heterocycles. The minimum absolute atomic E-state index is 0.128. The summed E-state index contributed by atoms with van der Waals surface area (Å²) in [5, 5.41) is 0. The Kier molecular flexibility index (Phi) is 3.74. The highest BCUT2D eigenvalue weighted by Gasteiger charge is 2.24. The monoisotopic (exact) mass is 240 g/mol. The lowest BCUT2D eigenvalue weighted by Crippen LogP contribution is -2.44. The molecule has 2 unspecified atom stereocenters. The molecule has 2 N–H and O–H groups in total. The third-order valence-corrected chi connectivity index (χ3v) is 3.47. The number of nitrogens with two attached hydrogens (primary N) is 1. The topological polar surface area (TPSA) is 29.3 Å². The summed E-state index contributed by atoms with van der Waals surface area (Å²) in [6.07, 6.45) is 2.03. The Morgan fingerprint density at radius 2 is 2.18 bits per heavy atom. The smallest absolute Gasteiger partial charge is 0.163 e. The van der Waals surface area contributed by atoms with E-state index in [0.29, 0.717) is 5.56 Å². The zero-order chi connectivity index (χ0) is 12.4. The second-order valence-corrected chi connectivity index (χ2v) is 4.72. The third kappa shape index (κ3) is 2.64. The van der Waals surface area contributed by atoms with Crippen LogP contribution in [0.3, 0.4) is 0 Å². The Morgan fingerprint density at radius 3 is 2.88 bits per heavy atom. The molecule has 94 valence electrons. The lowest BCUT2D eigenvalue weighted by molar-refractivity contribution is 0.156. The largest absolute Gasteiger partial charge is 0.327 e. The van der Waals surface area contributed by atoms with Crippen molar-refractivity contribution in [2.45, 2.75) is 31.8 Å².